The minimum atomic E-state index is -1.86. The molecule has 5 atom stereocenters. The summed E-state index contributed by atoms with van der Waals surface area (Å²) in [6, 6.07) is -0.320. The monoisotopic (exact) mass is 471 g/mol. The van der Waals surface area contributed by atoms with Gasteiger partial charge in [-0.25, -0.2) is 0 Å². The van der Waals surface area contributed by atoms with Crippen LogP contribution in [0.1, 0.15) is 92.9 Å². The molecule has 1 saturated heterocycles. The molecule has 1 rings (SSSR count). The Morgan fingerprint density at radius 1 is 1.00 bits per heavy atom. The van der Waals surface area contributed by atoms with E-state index in [-0.39, 0.29) is 29.2 Å². The zero-order valence-corrected chi connectivity index (χ0v) is 23.3. The van der Waals surface area contributed by atoms with Gasteiger partial charge >= 0.3 is 0 Å². The third-order valence-electron chi connectivity index (χ3n) is 7.18. The van der Waals surface area contributed by atoms with E-state index in [9.17, 15) is 0 Å². The lowest BCUT2D eigenvalue weighted by atomic mass is 9.89. The molecule has 0 aromatic heterocycles. The molecule has 0 amide bonds. The van der Waals surface area contributed by atoms with Gasteiger partial charge in [-0.3, -0.25) is 0 Å². The standard InChI is InChI=1S/C26H53NO4Si/c1-9-11-12-13-14-15-16-17-19-28-24-21(3)22(20-30-32(7,8)26(4,5)6)31-25(23(24)27)29-18-10-2/h10,18,21-25H,9,11-17,19-20,27H2,1-8H3/b18-10-/t21-,22-,23-,24+,25+/m1/s1. The van der Waals surface area contributed by atoms with E-state index >= 15 is 0 Å². The Hall–Kier alpha value is -0.403. The number of nitrogens with two attached hydrogens (primary N) is 1. The smallest absolute Gasteiger partial charge is 0.217 e. The number of unbranched alkanes of at least 4 members (excludes halogenated alkanes) is 7. The molecule has 0 bridgehead atoms. The predicted octanol–water partition coefficient (Wildman–Crippen LogP) is 6.77. The van der Waals surface area contributed by atoms with Crippen molar-refractivity contribution in [1.29, 1.82) is 0 Å². The van der Waals surface area contributed by atoms with Crippen molar-refractivity contribution in [1.82, 2.24) is 0 Å². The summed E-state index contributed by atoms with van der Waals surface area (Å²) in [7, 11) is -1.86. The fraction of sp³-hybridized carbons (Fsp3) is 0.923. The Morgan fingerprint density at radius 2 is 1.59 bits per heavy atom. The topological polar surface area (TPSA) is 62.9 Å². The first-order chi connectivity index (χ1) is 15.0. The highest BCUT2D eigenvalue weighted by Gasteiger charge is 2.45. The molecule has 5 nitrogen and oxygen atoms in total. The Labute approximate surface area is 199 Å². The largest absolute Gasteiger partial charge is 0.471 e. The molecule has 32 heavy (non-hydrogen) atoms. The number of ether oxygens (including phenoxy) is 3. The minimum Gasteiger partial charge on any atom is -0.471 e. The Balaban J connectivity index is 2.60. The van der Waals surface area contributed by atoms with E-state index in [2.05, 4.69) is 47.7 Å². The van der Waals surface area contributed by atoms with E-state index in [0.29, 0.717) is 6.61 Å². The van der Waals surface area contributed by atoms with Gasteiger partial charge in [-0.15, -0.1) is 0 Å². The second-order valence-electron chi connectivity index (χ2n) is 11.0. The molecule has 0 aromatic carbocycles. The van der Waals surface area contributed by atoms with Crippen molar-refractivity contribution < 1.29 is 18.6 Å². The summed E-state index contributed by atoms with van der Waals surface area (Å²) in [6.07, 6.45) is 13.1. The van der Waals surface area contributed by atoms with Crippen molar-refractivity contribution in [3.05, 3.63) is 12.3 Å². The maximum Gasteiger partial charge on any atom is 0.217 e. The van der Waals surface area contributed by atoms with Crippen molar-refractivity contribution >= 4 is 8.32 Å². The first kappa shape index (κ1) is 29.6. The van der Waals surface area contributed by atoms with Crippen LogP contribution < -0.4 is 5.73 Å². The van der Waals surface area contributed by atoms with Crippen LogP contribution in [-0.4, -0.2) is 46.1 Å². The fourth-order valence-electron chi connectivity index (χ4n) is 3.80. The van der Waals surface area contributed by atoms with Crippen LogP contribution in [-0.2, 0) is 18.6 Å². The molecule has 190 valence electrons. The summed E-state index contributed by atoms with van der Waals surface area (Å²) in [5.41, 5.74) is 6.54. The van der Waals surface area contributed by atoms with Gasteiger partial charge in [0.05, 0.1) is 31.1 Å². The molecule has 1 aliphatic heterocycles. The highest BCUT2D eigenvalue weighted by atomic mass is 28.4. The maximum atomic E-state index is 6.54. The van der Waals surface area contributed by atoms with E-state index in [0.717, 1.165) is 13.0 Å². The van der Waals surface area contributed by atoms with Crippen LogP contribution in [0.25, 0.3) is 0 Å². The molecular weight excluding hydrogens is 418 g/mol. The first-order valence-corrected chi connectivity index (χ1v) is 15.9. The van der Waals surface area contributed by atoms with Crippen LogP contribution in [0.2, 0.25) is 18.1 Å². The van der Waals surface area contributed by atoms with Gasteiger partial charge in [0, 0.05) is 12.5 Å². The van der Waals surface area contributed by atoms with Crippen LogP contribution in [0, 0.1) is 5.92 Å². The Bertz CT molecular complexity index is 520. The van der Waals surface area contributed by atoms with Crippen molar-refractivity contribution in [3.63, 3.8) is 0 Å². The summed E-state index contributed by atoms with van der Waals surface area (Å²) in [6.45, 7) is 19.0. The molecular formula is C26H53NO4Si. The average Bonchev–Trinajstić information content (AvgIpc) is 2.72. The van der Waals surface area contributed by atoms with Gasteiger partial charge in [-0.2, -0.15) is 0 Å². The molecule has 0 saturated carbocycles. The molecule has 0 radical (unpaired) electrons. The van der Waals surface area contributed by atoms with E-state index in [1.54, 1.807) is 6.26 Å². The fourth-order valence-corrected chi connectivity index (χ4v) is 4.81. The van der Waals surface area contributed by atoms with Crippen molar-refractivity contribution in [2.45, 2.75) is 136 Å². The lowest BCUT2D eigenvalue weighted by molar-refractivity contribution is -0.239. The van der Waals surface area contributed by atoms with Gasteiger partial charge in [0.15, 0.2) is 8.32 Å². The molecule has 0 spiro atoms. The van der Waals surface area contributed by atoms with Crippen LogP contribution >= 0.6 is 0 Å². The molecule has 0 unspecified atom stereocenters. The van der Waals surface area contributed by atoms with Crippen molar-refractivity contribution in [3.8, 4) is 0 Å². The second-order valence-corrected chi connectivity index (χ2v) is 15.8. The van der Waals surface area contributed by atoms with Crippen LogP contribution in [0.5, 0.6) is 0 Å². The summed E-state index contributed by atoms with van der Waals surface area (Å²) < 4.78 is 24.9. The average molecular weight is 472 g/mol. The van der Waals surface area contributed by atoms with Gasteiger partial charge in [0.2, 0.25) is 6.29 Å². The quantitative estimate of drug-likeness (QED) is 0.162. The van der Waals surface area contributed by atoms with Gasteiger partial charge in [-0.05, 0) is 31.5 Å². The predicted molar refractivity (Wildman–Crippen MR) is 137 cm³/mol. The van der Waals surface area contributed by atoms with Gasteiger partial charge < -0.3 is 24.4 Å². The Kier molecular flexibility index (Phi) is 13.7. The van der Waals surface area contributed by atoms with E-state index in [1.165, 1.54) is 44.9 Å². The lowest BCUT2D eigenvalue weighted by Gasteiger charge is -2.45. The Morgan fingerprint density at radius 3 is 2.16 bits per heavy atom. The molecule has 1 aliphatic rings. The van der Waals surface area contributed by atoms with Gasteiger partial charge in [0.1, 0.15) is 0 Å². The minimum absolute atomic E-state index is 0.0947. The number of hydrogen-bond donors (Lipinski definition) is 1. The van der Waals surface area contributed by atoms with Gasteiger partial charge in [-0.1, -0.05) is 85.6 Å². The SMILES string of the molecule is C/C=C\O[C@H]1O[C@H](CO[Si](C)(C)C(C)(C)C)[C@@H](C)[C@H](OCCCCCCCCCC)[C@H]1N. The molecule has 1 fully saturated rings. The second kappa shape index (κ2) is 14.8. The number of allylic oxidation sites excluding steroid dienone is 1. The molecule has 0 aliphatic carbocycles. The van der Waals surface area contributed by atoms with Crippen LogP contribution in [0.15, 0.2) is 12.3 Å². The molecule has 6 heteroatoms. The summed E-state index contributed by atoms with van der Waals surface area (Å²) in [5, 5.41) is 0.161. The van der Waals surface area contributed by atoms with Crippen LogP contribution in [0.4, 0.5) is 0 Å². The highest BCUT2D eigenvalue weighted by Crippen LogP contribution is 2.37. The normalized spacial score (nSPS) is 27.2. The molecule has 2 N–H and O–H groups in total. The molecule has 0 aromatic rings. The first-order valence-electron chi connectivity index (χ1n) is 13.0. The van der Waals surface area contributed by atoms with Gasteiger partial charge in [0.25, 0.3) is 0 Å². The third-order valence-corrected chi connectivity index (χ3v) is 11.7. The lowest BCUT2D eigenvalue weighted by Crippen LogP contribution is -2.60. The zero-order valence-electron chi connectivity index (χ0n) is 22.3. The van der Waals surface area contributed by atoms with Crippen molar-refractivity contribution in [2.24, 2.45) is 11.7 Å². The number of hydrogen-bond acceptors (Lipinski definition) is 5. The summed E-state index contributed by atoms with van der Waals surface area (Å²) in [5.74, 6) is 0.147. The van der Waals surface area contributed by atoms with E-state index < -0.39 is 14.6 Å². The third kappa shape index (κ3) is 9.84. The molecule has 1 heterocycles. The van der Waals surface area contributed by atoms with E-state index in [1.807, 2.05) is 13.0 Å². The van der Waals surface area contributed by atoms with Crippen molar-refractivity contribution in [2.75, 3.05) is 13.2 Å². The highest BCUT2D eigenvalue weighted by molar-refractivity contribution is 6.74. The van der Waals surface area contributed by atoms with E-state index in [4.69, 9.17) is 24.4 Å². The zero-order chi connectivity index (χ0) is 24.2. The number of rotatable bonds is 15. The summed E-state index contributed by atoms with van der Waals surface area (Å²) >= 11 is 0. The summed E-state index contributed by atoms with van der Waals surface area (Å²) in [4.78, 5) is 0. The maximum absolute atomic E-state index is 6.54. The van der Waals surface area contributed by atoms with Crippen LogP contribution in [0.3, 0.4) is 0 Å².